The molecule has 2 aromatic carbocycles. The first kappa shape index (κ1) is 23.3. The lowest BCUT2D eigenvalue weighted by atomic mass is 10.1. The smallest absolute Gasteiger partial charge is 0.227 e. The van der Waals surface area contributed by atoms with Crippen molar-refractivity contribution in [2.75, 3.05) is 38.8 Å². The fourth-order valence-corrected chi connectivity index (χ4v) is 4.81. The molecular weight excluding hydrogens is 468 g/mol. The Hall–Kier alpha value is -3.43. The minimum atomic E-state index is -0.00359. The monoisotopic (exact) mass is 494 g/mol. The number of ether oxygens (including phenoxy) is 2. The van der Waals surface area contributed by atoms with E-state index in [4.69, 9.17) is 26.1 Å². The third kappa shape index (κ3) is 4.49. The quantitative estimate of drug-likeness (QED) is 0.406. The molecule has 1 aliphatic rings. The van der Waals surface area contributed by atoms with Crippen LogP contribution in [0.4, 0.5) is 5.95 Å². The van der Waals surface area contributed by atoms with Crippen LogP contribution in [0, 0.1) is 0 Å². The number of aromatic nitrogens is 4. The number of carbonyl (C=O) groups excluding carboxylic acids is 1. The lowest BCUT2D eigenvalue weighted by Crippen LogP contribution is -2.55. The van der Waals surface area contributed by atoms with Crippen LogP contribution >= 0.6 is 11.6 Å². The minimum Gasteiger partial charge on any atom is -0.497 e. The maximum Gasteiger partial charge on any atom is 0.227 e. The first-order chi connectivity index (χ1) is 17.0. The average molecular weight is 495 g/mol. The number of methoxy groups -OCH3 is 2. The fraction of sp³-hybridized carbons (Fsp3) is 0.360. The zero-order valence-electron chi connectivity index (χ0n) is 19.9. The zero-order chi connectivity index (χ0) is 24.5. The number of hydrogen-bond acceptors (Lipinski definition) is 7. The Balaban J connectivity index is 1.43. The molecule has 1 fully saturated rings. The van der Waals surface area contributed by atoms with Gasteiger partial charge in [-0.2, -0.15) is 0 Å². The Kier molecular flexibility index (Phi) is 6.44. The van der Waals surface area contributed by atoms with Crippen molar-refractivity contribution in [3.05, 3.63) is 58.9 Å². The van der Waals surface area contributed by atoms with Gasteiger partial charge < -0.3 is 19.3 Å². The van der Waals surface area contributed by atoms with Gasteiger partial charge in [-0.3, -0.25) is 4.79 Å². The molecule has 35 heavy (non-hydrogen) atoms. The summed E-state index contributed by atoms with van der Waals surface area (Å²) in [7, 11) is 3.26. The normalized spacial score (nSPS) is 16.3. The Labute approximate surface area is 208 Å². The molecule has 1 saturated heterocycles. The van der Waals surface area contributed by atoms with E-state index < -0.39 is 0 Å². The van der Waals surface area contributed by atoms with Crippen LogP contribution < -0.4 is 9.64 Å². The predicted molar refractivity (Wildman–Crippen MR) is 134 cm³/mol. The minimum absolute atomic E-state index is 0.00359. The summed E-state index contributed by atoms with van der Waals surface area (Å²) in [6.07, 6.45) is 0.335. The summed E-state index contributed by atoms with van der Waals surface area (Å²) in [6.45, 7) is 4.22. The predicted octanol–water partition coefficient (Wildman–Crippen LogP) is 3.37. The number of carbonyl (C=O) groups is 1. The summed E-state index contributed by atoms with van der Waals surface area (Å²) in [5.74, 6) is 2.24. The lowest BCUT2D eigenvalue weighted by Gasteiger charge is -2.40. The summed E-state index contributed by atoms with van der Waals surface area (Å²) in [4.78, 5) is 22.2. The van der Waals surface area contributed by atoms with Gasteiger partial charge in [0.1, 0.15) is 12.4 Å². The molecule has 10 heteroatoms. The summed E-state index contributed by atoms with van der Waals surface area (Å²) < 4.78 is 12.6. The molecule has 0 N–H and O–H groups in total. The van der Waals surface area contributed by atoms with E-state index in [9.17, 15) is 4.79 Å². The number of nitrogens with zero attached hydrogens (tertiary/aromatic N) is 6. The summed E-state index contributed by atoms with van der Waals surface area (Å²) in [6, 6.07) is 13.2. The van der Waals surface area contributed by atoms with E-state index in [-0.39, 0.29) is 11.9 Å². The highest BCUT2D eigenvalue weighted by Gasteiger charge is 2.30. The molecule has 182 valence electrons. The fourth-order valence-electron chi connectivity index (χ4n) is 4.65. The van der Waals surface area contributed by atoms with Gasteiger partial charge in [0, 0.05) is 43.2 Å². The number of hydrogen-bond donors (Lipinski definition) is 0. The molecule has 2 aromatic heterocycles. The number of benzene rings is 2. The summed E-state index contributed by atoms with van der Waals surface area (Å²) >= 11 is 6.26. The van der Waals surface area contributed by atoms with Crippen molar-refractivity contribution in [2.45, 2.75) is 26.0 Å². The standard InChI is InChI=1S/C25H27ClN6O3/c1-16-14-30(9-10-31(16)23(33)12-17-5-4-6-19(11-17)35-3)25-27-21-13-18(26)7-8-20(21)24-29-28-22(15-34-2)32(24)25/h4-8,11,13,16H,9-10,12,14-15H2,1-3H3/t16-/m0/s1. The number of rotatable bonds is 6. The van der Waals surface area contributed by atoms with Gasteiger partial charge >= 0.3 is 0 Å². The van der Waals surface area contributed by atoms with Crippen molar-refractivity contribution in [1.29, 1.82) is 0 Å². The molecule has 0 bridgehead atoms. The highest BCUT2D eigenvalue weighted by atomic mass is 35.5. The molecule has 4 aromatic rings. The van der Waals surface area contributed by atoms with Crippen LogP contribution in [0.15, 0.2) is 42.5 Å². The third-order valence-corrected chi connectivity index (χ3v) is 6.58. The van der Waals surface area contributed by atoms with E-state index in [1.165, 1.54) is 0 Å². The average Bonchev–Trinajstić information content (AvgIpc) is 3.27. The molecule has 0 spiro atoms. The van der Waals surface area contributed by atoms with Gasteiger partial charge in [-0.25, -0.2) is 9.38 Å². The molecular formula is C25H27ClN6O3. The largest absolute Gasteiger partial charge is 0.497 e. The van der Waals surface area contributed by atoms with E-state index in [0.29, 0.717) is 49.2 Å². The van der Waals surface area contributed by atoms with Crippen molar-refractivity contribution in [3.8, 4) is 5.75 Å². The Bertz CT molecular complexity index is 1390. The third-order valence-electron chi connectivity index (χ3n) is 6.34. The molecule has 0 aliphatic carbocycles. The van der Waals surface area contributed by atoms with Crippen molar-refractivity contribution >= 4 is 40.0 Å². The Morgan fingerprint density at radius 1 is 1.14 bits per heavy atom. The number of fused-ring (bicyclic) bond motifs is 3. The topological polar surface area (TPSA) is 85.1 Å². The van der Waals surface area contributed by atoms with Gasteiger partial charge in [-0.1, -0.05) is 23.7 Å². The summed E-state index contributed by atoms with van der Waals surface area (Å²) in [5, 5.41) is 10.3. The van der Waals surface area contributed by atoms with Gasteiger partial charge in [0.2, 0.25) is 11.9 Å². The van der Waals surface area contributed by atoms with Crippen LogP contribution in [0.1, 0.15) is 18.3 Å². The molecule has 0 saturated carbocycles. The maximum absolute atomic E-state index is 13.1. The van der Waals surface area contributed by atoms with Gasteiger partial charge in [-0.15, -0.1) is 10.2 Å². The molecule has 1 atom stereocenters. The van der Waals surface area contributed by atoms with Crippen LogP contribution in [0.2, 0.25) is 5.02 Å². The number of anilines is 1. The number of amides is 1. The van der Waals surface area contributed by atoms with Gasteiger partial charge in [-0.05, 0) is 42.8 Å². The van der Waals surface area contributed by atoms with Crippen molar-refractivity contribution in [3.63, 3.8) is 0 Å². The highest BCUT2D eigenvalue weighted by Crippen LogP contribution is 2.28. The van der Waals surface area contributed by atoms with Crippen molar-refractivity contribution in [1.82, 2.24) is 24.5 Å². The number of halogens is 1. The summed E-state index contributed by atoms with van der Waals surface area (Å²) in [5.41, 5.74) is 2.39. The maximum atomic E-state index is 13.1. The van der Waals surface area contributed by atoms with E-state index in [1.807, 2.05) is 51.8 Å². The van der Waals surface area contributed by atoms with E-state index in [0.717, 1.165) is 28.2 Å². The van der Waals surface area contributed by atoms with Crippen molar-refractivity contribution in [2.24, 2.45) is 0 Å². The first-order valence-electron chi connectivity index (χ1n) is 11.5. The molecule has 1 amide bonds. The van der Waals surface area contributed by atoms with Crippen LogP contribution in [0.5, 0.6) is 5.75 Å². The van der Waals surface area contributed by atoms with Crippen LogP contribution in [0.25, 0.3) is 16.6 Å². The molecule has 3 heterocycles. The van der Waals surface area contributed by atoms with E-state index in [1.54, 1.807) is 14.2 Å². The molecule has 1 aliphatic heterocycles. The van der Waals surface area contributed by atoms with Crippen molar-refractivity contribution < 1.29 is 14.3 Å². The van der Waals surface area contributed by atoms with Gasteiger partial charge in [0.05, 0.1) is 19.0 Å². The Morgan fingerprint density at radius 2 is 2.00 bits per heavy atom. The second-order valence-electron chi connectivity index (χ2n) is 8.69. The molecule has 0 radical (unpaired) electrons. The molecule has 0 unspecified atom stereocenters. The van der Waals surface area contributed by atoms with Crippen LogP contribution in [0.3, 0.4) is 0 Å². The first-order valence-corrected chi connectivity index (χ1v) is 11.9. The van der Waals surface area contributed by atoms with Gasteiger partial charge in [0.15, 0.2) is 11.5 Å². The second-order valence-corrected chi connectivity index (χ2v) is 9.13. The van der Waals surface area contributed by atoms with Gasteiger partial charge in [0.25, 0.3) is 0 Å². The Morgan fingerprint density at radius 3 is 2.77 bits per heavy atom. The SMILES string of the molecule is COCc1nnc2c3ccc(Cl)cc3nc(N3CCN(C(=O)Cc4cccc(OC)c4)[C@@H](C)C3)n12. The number of piperazine rings is 1. The molecule has 9 nitrogen and oxygen atoms in total. The molecule has 5 rings (SSSR count). The second kappa shape index (κ2) is 9.67. The van der Waals surface area contributed by atoms with Crippen LogP contribution in [-0.4, -0.2) is 70.3 Å². The van der Waals surface area contributed by atoms with Crippen LogP contribution in [-0.2, 0) is 22.6 Å². The highest BCUT2D eigenvalue weighted by molar-refractivity contribution is 6.31. The van der Waals surface area contributed by atoms with E-state index in [2.05, 4.69) is 22.0 Å². The lowest BCUT2D eigenvalue weighted by molar-refractivity contribution is -0.132. The zero-order valence-corrected chi connectivity index (χ0v) is 20.7. The van der Waals surface area contributed by atoms with E-state index >= 15 is 0 Å².